The number of carbonyl (C=O) groups is 2. The van der Waals surface area contributed by atoms with Gasteiger partial charge in [0.2, 0.25) is 0 Å². The van der Waals surface area contributed by atoms with Crippen LogP contribution in [0.4, 0.5) is 16.2 Å². The van der Waals surface area contributed by atoms with E-state index in [0.29, 0.717) is 12.2 Å². The number of imide groups is 1. The standard InChI is InChI=1S/C21H23N5O2/c1-12-6-5-7-13(2)17(12)9-22-18-8-16(26-19(27)10-23-21(26)28)11-25-15(4)14(3)24-20(18)25/h5-8,11,22H,9-10H2,1-4H3,(H,23,28). The highest BCUT2D eigenvalue weighted by molar-refractivity contribution is 6.20. The van der Waals surface area contributed by atoms with Gasteiger partial charge >= 0.3 is 6.03 Å². The Morgan fingerprint density at radius 3 is 2.50 bits per heavy atom. The summed E-state index contributed by atoms with van der Waals surface area (Å²) in [5.74, 6) is -0.264. The van der Waals surface area contributed by atoms with Gasteiger partial charge in [-0.25, -0.2) is 14.7 Å². The number of hydrogen-bond acceptors (Lipinski definition) is 4. The Balaban J connectivity index is 1.79. The number of nitrogens with zero attached hydrogens (tertiary/aromatic N) is 3. The van der Waals surface area contributed by atoms with Crippen LogP contribution in [0.5, 0.6) is 0 Å². The summed E-state index contributed by atoms with van der Waals surface area (Å²) in [6.07, 6.45) is 1.79. The van der Waals surface area contributed by atoms with Crippen LogP contribution in [-0.4, -0.2) is 27.9 Å². The number of urea groups is 1. The Labute approximate surface area is 163 Å². The van der Waals surface area contributed by atoms with E-state index in [4.69, 9.17) is 0 Å². The number of aromatic nitrogens is 2. The molecule has 1 aromatic carbocycles. The fourth-order valence-electron chi connectivity index (χ4n) is 3.60. The molecule has 7 heteroatoms. The van der Waals surface area contributed by atoms with Gasteiger partial charge in [-0.1, -0.05) is 18.2 Å². The lowest BCUT2D eigenvalue weighted by atomic mass is 10.0. The molecule has 2 N–H and O–H groups in total. The Kier molecular flexibility index (Phi) is 4.30. The number of rotatable bonds is 4. The number of amides is 3. The van der Waals surface area contributed by atoms with Crippen molar-refractivity contribution in [3.8, 4) is 0 Å². The molecule has 1 aliphatic heterocycles. The first kappa shape index (κ1) is 18.0. The van der Waals surface area contributed by atoms with Crippen molar-refractivity contribution in [3.63, 3.8) is 0 Å². The van der Waals surface area contributed by atoms with Crippen LogP contribution in [0.3, 0.4) is 0 Å². The van der Waals surface area contributed by atoms with Gasteiger partial charge < -0.3 is 15.0 Å². The summed E-state index contributed by atoms with van der Waals surface area (Å²) in [6, 6.07) is 7.64. The molecule has 3 amide bonds. The second-order valence-electron chi connectivity index (χ2n) is 7.20. The molecule has 0 atom stereocenters. The minimum atomic E-state index is -0.403. The first-order valence-corrected chi connectivity index (χ1v) is 9.26. The number of hydrogen-bond donors (Lipinski definition) is 2. The number of fused-ring (bicyclic) bond motifs is 1. The molecule has 7 nitrogen and oxygen atoms in total. The molecular weight excluding hydrogens is 354 g/mol. The topological polar surface area (TPSA) is 78.7 Å². The van der Waals surface area contributed by atoms with E-state index in [2.05, 4.69) is 41.6 Å². The maximum atomic E-state index is 12.2. The van der Waals surface area contributed by atoms with E-state index >= 15 is 0 Å². The maximum absolute atomic E-state index is 12.2. The van der Waals surface area contributed by atoms with E-state index < -0.39 is 6.03 Å². The van der Waals surface area contributed by atoms with Crippen molar-refractivity contribution in [3.05, 3.63) is 58.5 Å². The lowest BCUT2D eigenvalue weighted by Gasteiger charge is -2.17. The van der Waals surface area contributed by atoms with E-state index in [0.717, 1.165) is 22.7 Å². The fraction of sp³-hybridized carbons (Fsp3) is 0.286. The van der Waals surface area contributed by atoms with E-state index in [-0.39, 0.29) is 12.5 Å². The molecule has 0 saturated carbocycles. The number of aryl methyl sites for hydroxylation is 4. The number of nitrogens with one attached hydrogen (secondary N) is 2. The third-order valence-electron chi connectivity index (χ3n) is 5.38. The van der Waals surface area contributed by atoms with Gasteiger partial charge in [-0.2, -0.15) is 0 Å². The van der Waals surface area contributed by atoms with Crippen LogP contribution in [-0.2, 0) is 11.3 Å². The third-order valence-corrected chi connectivity index (χ3v) is 5.38. The van der Waals surface area contributed by atoms with Crippen LogP contribution in [0.25, 0.3) is 5.65 Å². The first-order valence-electron chi connectivity index (χ1n) is 9.26. The summed E-state index contributed by atoms with van der Waals surface area (Å²) >= 11 is 0. The molecular formula is C21H23N5O2. The SMILES string of the molecule is Cc1cccc(C)c1CNc1cc(N2C(=O)CNC2=O)cn2c(C)c(C)nc12. The largest absolute Gasteiger partial charge is 0.378 e. The molecule has 0 aliphatic carbocycles. The Bertz CT molecular complexity index is 1080. The van der Waals surface area contributed by atoms with Crippen LogP contribution in [0.2, 0.25) is 0 Å². The summed E-state index contributed by atoms with van der Waals surface area (Å²) in [5, 5.41) is 6.04. The summed E-state index contributed by atoms with van der Waals surface area (Å²) in [4.78, 5) is 30.2. The summed E-state index contributed by atoms with van der Waals surface area (Å²) in [5.41, 5.74) is 7.61. The van der Waals surface area contributed by atoms with Crippen LogP contribution >= 0.6 is 0 Å². The monoisotopic (exact) mass is 377 g/mol. The zero-order valence-corrected chi connectivity index (χ0v) is 16.5. The van der Waals surface area contributed by atoms with E-state index in [1.807, 2.05) is 30.4 Å². The highest BCUT2D eigenvalue weighted by Gasteiger charge is 2.31. The van der Waals surface area contributed by atoms with Crippen molar-refractivity contribution in [2.24, 2.45) is 0 Å². The molecule has 0 unspecified atom stereocenters. The number of carbonyl (C=O) groups excluding carboxylic acids is 2. The van der Waals surface area contributed by atoms with Crippen LogP contribution < -0.4 is 15.5 Å². The van der Waals surface area contributed by atoms with Gasteiger partial charge in [0.05, 0.1) is 23.6 Å². The molecule has 3 aromatic rings. The molecule has 144 valence electrons. The quantitative estimate of drug-likeness (QED) is 0.684. The molecule has 3 heterocycles. The molecule has 28 heavy (non-hydrogen) atoms. The normalized spacial score (nSPS) is 14.1. The van der Waals surface area contributed by atoms with Gasteiger partial charge in [0.15, 0.2) is 5.65 Å². The smallest absolute Gasteiger partial charge is 0.329 e. The lowest BCUT2D eigenvalue weighted by Crippen LogP contribution is -2.31. The summed E-state index contributed by atoms with van der Waals surface area (Å²) in [6.45, 7) is 8.75. The van der Waals surface area contributed by atoms with Crippen molar-refractivity contribution in [2.45, 2.75) is 34.2 Å². The number of pyridine rings is 1. The number of anilines is 2. The molecule has 0 bridgehead atoms. The zero-order valence-electron chi connectivity index (χ0n) is 16.5. The minimum Gasteiger partial charge on any atom is -0.378 e. The number of benzene rings is 1. The van der Waals surface area contributed by atoms with Gasteiger partial charge in [0.1, 0.15) is 0 Å². The van der Waals surface area contributed by atoms with E-state index in [1.165, 1.54) is 21.6 Å². The van der Waals surface area contributed by atoms with Crippen molar-refractivity contribution >= 4 is 29.0 Å². The molecule has 0 spiro atoms. The first-order chi connectivity index (χ1) is 13.4. The van der Waals surface area contributed by atoms with Gasteiger partial charge in [0, 0.05) is 18.4 Å². The van der Waals surface area contributed by atoms with Gasteiger partial charge in [0.25, 0.3) is 5.91 Å². The molecule has 2 aromatic heterocycles. The lowest BCUT2D eigenvalue weighted by molar-refractivity contribution is -0.115. The minimum absolute atomic E-state index is 0.0178. The number of imidazole rings is 1. The van der Waals surface area contributed by atoms with Crippen molar-refractivity contribution < 1.29 is 9.59 Å². The molecule has 1 saturated heterocycles. The maximum Gasteiger partial charge on any atom is 0.329 e. The van der Waals surface area contributed by atoms with Crippen molar-refractivity contribution in [1.82, 2.24) is 14.7 Å². The Morgan fingerprint density at radius 1 is 1.14 bits per heavy atom. The zero-order chi connectivity index (χ0) is 20.0. The predicted molar refractivity (Wildman–Crippen MR) is 109 cm³/mol. The molecule has 0 radical (unpaired) electrons. The predicted octanol–water partition coefficient (Wildman–Crippen LogP) is 3.24. The van der Waals surface area contributed by atoms with Gasteiger partial charge in [-0.3, -0.25) is 4.79 Å². The third kappa shape index (κ3) is 2.89. The summed E-state index contributed by atoms with van der Waals surface area (Å²) < 4.78 is 1.93. The van der Waals surface area contributed by atoms with E-state index in [9.17, 15) is 9.59 Å². The van der Waals surface area contributed by atoms with E-state index in [1.54, 1.807) is 6.20 Å². The van der Waals surface area contributed by atoms with Crippen molar-refractivity contribution in [1.29, 1.82) is 0 Å². The molecule has 4 rings (SSSR count). The second-order valence-corrected chi connectivity index (χ2v) is 7.20. The van der Waals surface area contributed by atoms with Crippen molar-refractivity contribution in [2.75, 3.05) is 16.8 Å². The highest BCUT2D eigenvalue weighted by atomic mass is 16.2. The fourth-order valence-corrected chi connectivity index (χ4v) is 3.60. The average Bonchev–Trinajstić information content (AvgIpc) is 3.13. The van der Waals surface area contributed by atoms with Gasteiger partial charge in [-0.15, -0.1) is 0 Å². The van der Waals surface area contributed by atoms with Crippen LogP contribution in [0, 0.1) is 27.7 Å². The van der Waals surface area contributed by atoms with Crippen LogP contribution in [0.1, 0.15) is 28.1 Å². The average molecular weight is 377 g/mol. The van der Waals surface area contributed by atoms with Gasteiger partial charge in [-0.05, 0) is 50.5 Å². The summed E-state index contributed by atoms with van der Waals surface area (Å²) in [7, 11) is 0. The van der Waals surface area contributed by atoms with Crippen LogP contribution in [0.15, 0.2) is 30.5 Å². The Morgan fingerprint density at radius 2 is 1.86 bits per heavy atom. The highest BCUT2D eigenvalue weighted by Crippen LogP contribution is 2.28. The molecule has 1 aliphatic rings. The second kappa shape index (κ2) is 6.67. The Hall–Kier alpha value is -3.35. The molecule has 1 fully saturated rings.